The molecule has 0 bridgehead atoms. The molecule has 1 aromatic carbocycles. The van der Waals surface area contributed by atoms with E-state index in [1.165, 1.54) is 36.8 Å². The van der Waals surface area contributed by atoms with Crippen LogP contribution in [0.25, 0.3) is 0 Å². The number of aryl methyl sites for hydroxylation is 1. The summed E-state index contributed by atoms with van der Waals surface area (Å²) in [6, 6.07) is 9.27. The van der Waals surface area contributed by atoms with E-state index in [4.69, 9.17) is 5.84 Å². The van der Waals surface area contributed by atoms with E-state index in [0.29, 0.717) is 17.4 Å². The molecule has 1 aliphatic carbocycles. The van der Waals surface area contributed by atoms with Crippen molar-refractivity contribution < 1.29 is 0 Å². The first kappa shape index (κ1) is 16.5. The van der Waals surface area contributed by atoms with Gasteiger partial charge in [-0.3, -0.25) is 11.3 Å². The lowest BCUT2D eigenvalue weighted by Crippen LogP contribution is -2.36. The topological polar surface area (TPSA) is 38.0 Å². The van der Waals surface area contributed by atoms with Gasteiger partial charge in [0.05, 0.1) is 0 Å². The molecular weight excluding hydrogens is 256 g/mol. The molecule has 118 valence electrons. The van der Waals surface area contributed by atoms with Crippen molar-refractivity contribution in [1.29, 1.82) is 0 Å². The predicted octanol–water partition coefficient (Wildman–Crippen LogP) is 4.61. The maximum absolute atomic E-state index is 5.88. The molecule has 1 saturated carbocycles. The first-order valence-corrected chi connectivity index (χ1v) is 8.50. The highest BCUT2D eigenvalue weighted by molar-refractivity contribution is 5.25. The minimum absolute atomic E-state index is 0.303. The molecule has 2 nitrogen and oxygen atoms in total. The third-order valence-corrected chi connectivity index (χ3v) is 5.39. The normalized spacial score (nSPS) is 24.8. The van der Waals surface area contributed by atoms with Crippen molar-refractivity contribution in [2.24, 2.45) is 23.1 Å². The van der Waals surface area contributed by atoms with E-state index < -0.39 is 0 Å². The monoisotopic (exact) mass is 288 g/mol. The van der Waals surface area contributed by atoms with Gasteiger partial charge < -0.3 is 0 Å². The van der Waals surface area contributed by atoms with Crippen molar-refractivity contribution in [3.8, 4) is 0 Å². The first-order chi connectivity index (χ1) is 9.95. The second kappa shape index (κ2) is 6.93. The molecular formula is C19H32N2. The SMILES string of the molecule is CCc1ccc(C(NN)C2CCC(C(C)(C)C)CC2)cc1. The lowest BCUT2D eigenvalue weighted by molar-refractivity contribution is 0.132. The van der Waals surface area contributed by atoms with Crippen molar-refractivity contribution in [3.63, 3.8) is 0 Å². The van der Waals surface area contributed by atoms with E-state index in [1.54, 1.807) is 0 Å². The lowest BCUT2D eigenvalue weighted by atomic mass is 9.68. The fourth-order valence-electron chi connectivity index (χ4n) is 3.78. The maximum atomic E-state index is 5.88. The quantitative estimate of drug-likeness (QED) is 0.627. The molecule has 0 radical (unpaired) electrons. The molecule has 1 aliphatic rings. The summed E-state index contributed by atoms with van der Waals surface area (Å²) < 4.78 is 0. The van der Waals surface area contributed by atoms with Gasteiger partial charge in [0.15, 0.2) is 0 Å². The Hall–Kier alpha value is -0.860. The Kier molecular flexibility index (Phi) is 5.45. The van der Waals surface area contributed by atoms with E-state index >= 15 is 0 Å². The first-order valence-electron chi connectivity index (χ1n) is 8.50. The standard InChI is InChI=1S/C19H32N2/c1-5-14-6-8-15(9-7-14)18(21-20)16-10-12-17(13-11-16)19(2,3)4/h6-9,16-18,21H,5,10-13,20H2,1-4H3. The highest BCUT2D eigenvalue weighted by Crippen LogP contribution is 2.43. The van der Waals surface area contributed by atoms with Crippen LogP contribution in [0.3, 0.4) is 0 Å². The van der Waals surface area contributed by atoms with E-state index in [1.807, 2.05) is 0 Å². The van der Waals surface area contributed by atoms with Gasteiger partial charge in [-0.25, -0.2) is 0 Å². The molecule has 2 heteroatoms. The van der Waals surface area contributed by atoms with Gasteiger partial charge in [0.25, 0.3) is 0 Å². The Balaban J connectivity index is 2.02. The average Bonchev–Trinajstić information content (AvgIpc) is 2.48. The molecule has 2 rings (SSSR count). The number of hydrogen-bond donors (Lipinski definition) is 2. The fourth-order valence-corrected chi connectivity index (χ4v) is 3.78. The summed E-state index contributed by atoms with van der Waals surface area (Å²) in [6.07, 6.45) is 6.33. The minimum atomic E-state index is 0.303. The molecule has 0 aromatic heterocycles. The number of hydrazine groups is 1. The Morgan fingerprint density at radius 3 is 2.10 bits per heavy atom. The van der Waals surface area contributed by atoms with Crippen LogP contribution in [-0.2, 0) is 6.42 Å². The number of hydrogen-bond acceptors (Lipinski definition) is 2. The van der Waals surface area contributed by atoms with Crippen LogP contribution >= 0.6 is 0 Å². The van der Waals surface area contributed by atoms with Crippen molar-refractivity contribution in [2.45, 2.75) is 65.8 Å². The molecule has 1 aromatic rings. The summed E-state index contributed by atoms with van der Waals surface area (Å²) in [5.41, 5.74) is 6.26. The van der Waals surface area contributed by atoms with Crippen molar-refractivity contribution in [1.82, 2.24) is 5.43 Å². The highest BCUT2D eigenvalue weighted by atomic mass is 15.2. The zero-order valence-electron chi connectivity index (χ0n) is 14.2. The van der Waals surface area contributed by atoms with E-state index in [0.717, 1.165) is 12.3 Å². The highest BCUT2D eigenvalue weighted by Gasteiger charge is 2.33. The second-order valence-electron chi connectivity index (χ2n) is 7.72. The Morgan fingerprint density at radius 2 is 1.67 bits per heavy atom. The summed E-state index contributed by atoms with van der Waals surface area (Å²) in [6.45, 7) is 9.32. The summed E-state index contributed by atoms with van der Waals surface area (Å²) in [4.78, 5) is 0. The average molecular weight is 288 g/mol. The minimum Gasteiger partial charge on any atom is -0.271 e. The molecule has 3 N–H and O–H groups in total. The third kappa shape index (κ3) is 4.08. The Labute approximate surface area is 130 Å². The summed E-state index contributed by atoms with van der Waals surface area (Å²) in [5.74, 6) is 7.40. The van der Waals surface area contributed by atoms with Crippen LogP contribution in [-0.4, -0.2) is 0 Å². The molecule has 0 heterocycles. The van der Waals surface area contributed by atoms with Gasteiger partial charge in [-0.15, -0.1) is 0 Å². The Morgan fingerprint density at radius 1 is 1.10 bits per heavy atom. The predicted molar refractivity (Wildman–Crippen MR) is 90.8 cm³/mol. The number of nitrogens with two attached hydrogens (primary N) is 1. The van der Waals surface area contributed by atoms with Gasteiger partial charge in [0.1, 0.15) is 0 Å². The smallest absolute Gasteiger partial charge is 0.0488 e. The van der Waals surface area contributed by atoms with Crippen LogP contribution in [0, 0.1) is 17.3 Å². The molecule has 21 heavy (non-hydrogen) atoms. The largest absolute Gasteiger partial charge is 0.271 e. The van der Waals surface area contributed by atoms with Gasteiger partial charge in [0, 0.05) is 6.04 Å². The number of nitrogens with one attached hydrogen (secondary N) is 1. The second-order valence-corrected chi connectivity index (χ2v) is 7.72. The molecule has 1 unspecified atom stereocenters. The fraction of sp³-hybridized carbons (Fsp3) is 0.684. The molecule has 0 spiro atoms. The summed E-state index contributed by atoms with van der Waals surface area (Å²) >= 11 is 0. The van der Waals surface area contributed by atoms with Crippen molar-refractivity contribution in [3.05, 3.63) is 35.4 Å². The zero-order chi connectivity index (χ0) is 15.5. The maximum Gasteiger partial charge on any atom is 0.0488 e. The van der Waals surface area contributed by atoms with E-state index in [9.17, 15) is 0 Å². The van der Waals surface area contributed by atoms with Gasteiger partial charge in [0.2, 0.25) is 0 Å². The van der Waals surface area contributed by atoms with Crippen LogP contribution in [0.5, 0.6) is 0 Å². The Bertz CT molecular complexity index is 422. The van der Waals surface area contributed by atoms with Crippen molar-refractivity contribution >= 4 is 0 Å². The number of benzene rings is 1. The van der Waals surface area contributed by atoms with Gasteiger partial charge in [-0.1, -0.05) is 52.0 Å². The molecule has 0 saturated heterocycles. The van der Waals surface area contributed by atoms with Gasteiger partial charge >= 0.3 is 0 Å². The van der Waals surface area contributed by atoms with Gasteiger partial charge in [-0.05, 0) is 60.5 Å². The molecule has 0 aliphatic heterocycles. The van der Waals surface area contributed by atoms with Crippen LogP contribution in [0.15, 0.2) is 24.3 Å². The molecule has 1 atom stereocenters. The number of rotatable bonds is 4. The van der Waals surface area contributed by atoms with Gasteiger partial charge in [-0.2, -0.15) is 0 Å². The molecule has 1 fully saturated rings. The van der Waals surface area contributed by atoms with E-state index in [2.05, 4.69) is 57.4 Å². The van der Waals surface area contributed by atoms with E-state index in [-0.39, 0.29) is 0 Å². The van der Waals surface area contributed by atoms with Crippen LogP contribution in [0.1, 0.15) is 70.5 Å². The summed E-state index contributed by atoms with van der Waals surface area (Å²) in [7, 11) is 0. The summed E-state index contributed by atoms with van der Waals surface area (Å²) in [5, 5.41) is 0. The third-order valence-electron chi connectivity index (χ3n) is 5.39. The molecule has 0 amide bonds. The van der Waals surface area contributed by atoms with Crippen LogP contribution in [0.2, 0.25) is 0 Å². The lowest BCUT2D eigenvalue weighted by Gasteiger charge is -2.39. The van der Waals surface area contributed by atoms with Crippen LogP contribution < -0.4 is 11.3 Å². The van der Waals surface area contributed by atoms with Crippen molar-refractivity contribution in [2.75, 3.05) is 0 Å². The zero-order valence-corrected chi connectivity index (χ0v) is 14.2. The van der Waals surface area contributed by atoms with Crippen LogP contribution in [0.4, 0.5) is 0 Å².